The fourth-order valence-corrected chi connectivity index (χ4v) is 5.18. The molecule has 3 aromatic rings. The summed E-state index contributed by atoms with van der Waals surface area (Å²) in [6.45, 7) is 13.7. The van der Waals surface area contributed by atoms with Gasteiger partial charge in [0.05, 0.1) is 54.4 Å². The van der Waals surface area contributed by atoms with Crippen molar-refractivity contribution in [2.45, 2.75) is 40.8 Å². The number of ether oxygens (including phenoxy) is 2. The third-order valence-electron chi connectivity index (χ3n) is 6.93. The summed E-state index contributed by atoms with van der Waals surface area (Å²) in [5.74, 6) is 2.09. The van der Waals surface area contributed by atoms with E-state index in [1.165, 1.54) is 0 Å². The summed E-state index contributed by atoms with van der Waals surface area (Å²) in [5, 5.41) is 19.0. The van der Waals surface area contributed by atoms with Gasteiger partial charge in [0.25, 0.3) is 5.82 Å². The average molecular weight is 526 g/mol. The molecule has 0 unspecified atom stereocenters. The molecule has 202 valence electrons. The number of aromatic nitrogens is 2. The standard InChI is InChI=1S/C31H37N6O2/c1-5-34-26-14-12-24(22-32)20-28(26)36(16-18-38-7-3)30(34)10-9-11-31-35(6-2)27-15-13-25(23-33)21-29(27)37(31)17-19-39-8-4/h9-15,20-21H,5-8,16-19H2,1-4H3/q+1. The maximum absolute atomic E-state index is 9.51. The molecule has 0 amide bonds. The van der Waals surface area contributed by atoms with Gasteiger partial charge >= 0.3 is 0 Å². The molecule has 0 spiro atoms. The summed E-state index contributed by atoms with van der Waals surface area (Å²) in [6, 6.07) is 16.3. The second kappa shape index (κ2) is 13.1. The van der Waals surface area contributed by atoms with E-state index in [0.717, 1.165) is 47.1 Å². The van der Waals surface area contributed by atoms with E-state index in [9.17, 15) is 10.5 Å². The van der Waals surface area contributed by atoms with Gasteiger partial charge in [-0.3, -0.25) is 0 Å². The molecule has 0 fully saturated rings. The molecule has 4 rings (SSSR count). The molecular weight excluding hydrogens is 488 g/mol. The lowest BCUT2D eigenvalue weighted by Gasteiger charge is -2.24. The largest absolute Gasteiger partial charge is 0.380 e. The highest BCUT2D eigenvalue weighted by Crippen LogP contribution is 2.42. The van der Waals surface area contributed by atoms with Crippen molar-refractivity contribution in [3.05, 3.63) is 71.3 Å². The fraction of sp³-hybridized carbons (Fsp3) is 0.387. The van der Waals surface area contributed by atoms with Crippen LogP contribution >= 0.6 is 0 Å². The minimum atomic E-state index is 0.591. The van der Waals surface area contributed by atoms with Crippen LogP contribution in [-0.2, 0) is 22.6 Å². The first kappa shape index (κ1) is 27.9. The number of nitrogens with zero attached hydrogens (tertiary/aromatic N) is 6. The van der Waals surface area contributed by atoms with Crippen LogP contribution in [0.25, 0.3) is 17.1 Å². The highest BCUT2D eigenvalue weighted by atomic mass is 16.5. The first-order chi connectivity index (χ1) is 19.1. The monoisotopic (exact) mass is 525 g/mol. The molecule has 2 heterocycles. The van der Waals surface area contributed by atoms with Crippen molar-refractivity contribution in [1.29, 1.82) is 10.5 Å². The normalized spacial score (nSPS) is 13.9. The lowest BCUT2D eigenvalue weighted by atomic mass is 10.2. The first-order valence-electron chi connectivity index (χ1n) is 13.7. The van der Waals surface area contributed by atoms with Crippen LogP contribution in [0.5, 0.6) is 0 Å². The molecule has 0 aliphatic carbocycles. The molecule has 39 heavy (non-hydrogen) atoms. The molecule has 8 nitrogen and oxygen atoms in total. The van der Waals surface area contributed by atoms with Gasteiger partial charge in [0.1, 0.15) is 12.4 Å². The second-order valence-electron chi connectivity index (χ2n) is 9.06. The van der Waals surface area contributed by atoms with E-state index < -0.39 is 0 Å². The van der Waals surface area contributed by atoms with Gasteiger partial charge in [-0.1, -0.05) is 6.08 Å². The van der Waals surface area contributed by atoms with E-state index in [4.69, 9.17) is 9.47 Å². The van der Waals surface area contributed by atoms with E-state index >= 15 is 0 Å². The van der Waals surface area contributed by atoms with E-state index in [0.29, 0.717) is 50.6 Å². The van der Waals surface area contributed by atoms with Crippen LogP contribution in [0.4, 0.5) is 11.4 Å². The summed E-state index contributed by atoms with van der Waals surface area (Å²) in [7, 11) is 0. The number of nitriles is 2. The summed E-state index contributed by atoms with van der Waals surface area (Å²) in [4.78, 5) is 4.50. The Labute approximate surface area is 231 Å². The minimum Gasteiger partial charge on any atom is -0.380 e. The molecule has 0 radical (unpaired) electrons. The van der Waals surface area contributed by atoms with Crippen LogP contribution in [0.3, 0.4) is 0 Å². The van der Waals surface area contributed by atoms with E-state index in [-0.39, 0.29) is 0 Å². The number of benzene rings is 2. The van der Waals surface area contributed by atoms with Crippen LogP contribution in [-0.4, -0.2) is 44.1 Å². The van der Waals surface area contributed by atoms with Crippen molar-refractivity contribution < 1.29 is 14.0 Å². The Balaban J connectivity index is 1.78. The molecular formula is C31H37N6O2+. The number of hydrogen-bond donors (Lipinski definition) is 0. The highest BCUT2D eigenvalue weighted by Gasteiger charge is 2.30. The van der Waals surface area contributed by atoms with Crippen LogP contribution in [0, 0.1) is 22.7 Å². The predicted octanol–water partition coefficient (Wildman–Crippen LogP) is 4.97. The van der Waals surface area contributed by atoms with E-state index in [1.54, 1.807) is 0 Å². The molecule has 1 aliphatic heterocycles. The van der Waals surface area contributed by atoms with Crippen molar-refractivity contribution >= 4 is 28.5 Å². The molecule has 1 aromatic heterocycles. The Kier molecular flexibility index (Phi) is 9.38. The topological polar surface area (TPSA) is 81.3 Å². The number of anilines is 2. The van der Waals surface area contributed by atoms with Crippen molar-refractivity contribution in [3.8, 4) is 12.1 Å². The molecule has 0 atom stereocenters. The number of allylic oxidation sites excluding steroid dienone is 2. The Morgan fingerprint density at radius 2 is 1.54 bits per heavy atom. The summed E-state index contributed by atoms with van der Waals surface area (Å²) in [6.07, 6.45) is 6.35. The number of imidazole rings is 1. The Hall–Kier alpha value is -4.11. The SMILES string of the molecule is CCOCCN1C(=CC=Cc2n(CCOCC)c3cc(C#N)ccc3[n+]2CC)N(CC)c2ccc(C#N)cc21. The van der Waals surface area contributed by atoms with Crippen LogP contribution in [0.2, 0.25) is 0 Å². The molecule has 1 aliphatic rings. The fourth-order valence-electron chi connectivity index (χ4n) is 5.18. The number of hydrogen-bond acceptors (Lipinski definition) is 6. The van der Waals surface area contributed by atoms with E-state index in [1.807, 2.05) is 50.2 Å². The molecule has 0 saturated carbocycles. The van der Waals surface area contributed by atoms with Crippen LogP contribution in [0.1, 0.15) is 44.6 Å². The predicted molar refractivity (Wildman–Crippen MR) is 154 cm³/mol. The molecule has 0 bridgehead atoms. The smallest absolute Gasteiger partial charge is 0.282 e. The Morgan fingerprint density at radius 3 is 2.21 bits per heavy atom. The third kappa shape index (κ3) is 5.68. The van der Waals surface area contributed by atoms with Gasteiger partial charge in [-0.15, -0.1) is 0 Å². The van der Waals surface area contributed by atoms with Crippen molar-refractivity contribution in [2.75, 3.05) is 49.3 Å². The molecule has 2 aromatic carbocycles. The highest BCUT2D eigenvalue weighted by molar-refractivity contribution is 5.84. The van der Waals surface area contributed by atoms with Gasteiger partial charge in [0.2, 0.25) is 0 Å². The Bertz CT molecular complexity index is 1460. The zero-order chi connectivity index (χ0) is 27.8. The van der Waals surface area contributed by atoms with Crippen molar-refractivity contribution in [1.82, 2.24) is 4.57 Å². The zero-order valence-electron chi connectivity index (χ0n) is 23.4. The van der Waals surface area contributed by atoms with Crippen LogP contribution in [0.15, 0.2) is 54.4 Å². The molecule has 8 heteroatoms. The number of fused-ring (bicyclic) bond motifs is 2. The van der Waals surface area contributed by atoms with Gasteiger partial charge in [-0.2, -0.15) is 10.5 Å². The summed E-state index contributed by atoms with van der Waals surface area (Å²) < 4.78 is 15.9. The average Bonchev–Trinajstić information content (AvgIpc) is 3.43. The van der Waals surface area contributed by atoms with Crippen molar-refractivity contribution in [3.63, 3.8) is 0 Å². The maximum Gasteiger partial charge on any atom is 0.282 e. The molecule has 0 N–H and O–H groups in total. The lowest BCUT2D eigenvalue weighted by Crippen LogP contribution is -2.35. The minimum absolute atomic E-state index is 0.591. The number of aryl methyl sites for hydroxylation is 1. The van der Waals surface area contributed by atoms with Crippen molar-refractivity contribution in [2.24, 2.45) is 0 Å². The van der Waals surface area contributed by atoms with E-state index in [2.05, 4.69) is 63.1 Å². The van der Waals surface area contributed by atoms with Gasteiger partial charge in [-0.25, -0.2) is 9.13 Å². The first-order valence-corrected chi connectivity index (χ1v) is 13.7. The maximum atomic E-state index is 9.51. The zero-order valence-corrected chi connectivity index (χ0v) is 23.4. The molecule has 0 saturated heterocycles. The van der Waals surface area contributed by atoms with Gasteiger partial charge in [0.15, 0.2) is 11.0 Å². The van der Waals surface area contributed by atoms with Gasteiger partial charge in [-0.05, 0) is 64.1 Å². The summed E-state index contributed by atoms with van der Waals surface area (Å²) >= 11 is 0. The second-order valence-corrected chi connectivity index (χ2v) is 9.06. The Morgan fingerprint density at radius 1 is 0.846 bits per heavy atom. The summed E-state index contributed by atoms with van der Waals surface area (Å²) in [5.41, 5.74) is 5.50. The van der Waals surface area contributed by atoms with Gasteiger partial charge in [0, 0.05) is 38.4 Å². The number of rotatable bonds is 12. The van der Waals surface area contributed by atoms with Gasteiger partial charge < -0.3 is 19.3 Å². The van der Waals surface area contributed by atoms with Crippen LogP contribution < -0.4 is 14.4 Å². The quantitative estimate of drug-likeness (QED) is 0.245. The third-order valence-corrected chi connectivity index (χ3v) is 6.93. The lowest BCUT2D eigenvalue weighted by molar-refractivity contribution is -0.670.